The predicted molar refractivity (Wildman–Crippen MR) is 73.9 cm³/mol. The summed E-state index contributed by atoms with van der Waals surface area (Å²) in [7, 11) is 0. The highest BCUT2D eigenvalue weighted by molar-refractivity contribution is 5.66. The highest BCUT2D eigenvalue weighted by Gasteiger charge is 2.02. The van der Waals surface area contributed by atoms with Gasteiger partial charge in [0.1, 0.15) is 0 Å². The van der Waals surface area contributed by atoms with E-state index in [1.165, 1.54) is 16.7 Å². The van der Waals surface area contributed by atoms with E-state index in [4.69, 9.17) is 6.42 Å². The summed E-state index contributed by atoms with van der Waals surface area (Å²) < 4.78 is 0. The van der Waals surface area contributed by atoms with Gasteiger partial charge in [-0.05, 0) is 34.7 Å². The number of benzene rings is 2. The Kier molecular flexibility index (Phi) is 3.30. The molecular weight excluding hydrogens is 204 g/mol. The maximum absolute atomic E-state index is 5.42. The predicted octanol–water partition coefficient (Wildman–Crippen LogP) is 4.46. The molecule has 0 spiro atoms. The van der Waals surface area contributed by atoms with E-state index in [2.05, 4.69) is 56.2 Å². The third kappa shape index (κ3) is 2.57. The van der Waals surface area contributed by atoms with Crippen molar-refractivity contribution in [3.8, 4) is 23.5 Å². The summed E-state index contributed by atoms with van der Waals surface area (Å²) >= 11 is 0. The lowest BCUT2D eigenvalue weighted by Gasteiger charge is -2.08. The molecule has 0 atom stereocenters. The lowest BCUT2D eigenvalue weighted by molar-refractivity contribution is 0.867. The largest absolute Gasteiger partial charge is 0.115 e. The zero-order chi connectivity index (χ0) is 12.3. The normalized spacial score (nSPS) is 10.2. The minimum atomic E-state index is 0.547. The highest BCUT2D eigenvalue weighted by Crippen LogP contribution is 2.24. The van der Waals surface area contributed by atoms with Crippen molar-refractivity contribution in [1.29, 1.82) is 0 Å². The molecule has 0 aliphatic rings. The summed E-state index contributed by atoms with van der Waals surface area (Å²) in [5.41, 5.74) is 4.70. The first-order valence-electron chi connectivity index (χ1n) is 5.87. The van der Waals surface area contributed by atoms with Crippen molar-refractivity contribution in [3.05, 3.63) is 59.7 Å². The van der Waals surface area contributed by atoms with Crippen molar-refractivity contribution >= 4 is 0 Å². The molecule has 0 radical (unpaired) electrons. The van der Waals surface area contributed by atoms with E-state index in [0.29, 0.717) is 5.92 Å². The monoisotopic (exact) mass is 220 g/mol. The van der Waals surface area contributed by atoms with E-state index >= 15 is 0 Å². The average Bonchev–Trinajstić information content (AvgIpc) is 2.39. The van der Waals surface area contributed by atoms with Gasteiger partial charge in [0.25, 0.3) is 0 Å². The third-order valence-electron chi connectivity index (χ3n) is 2.92. The Hall–Kier alpha value is -2.00. The van der Waals surface area contributed by atoms with Gasteiger partial charge in [-0.15, -0.1) is 6.42 Å². The van der Waals surface area contributed by atoms with Gasteiger partial charge in [-0.3, -0.25) is 0 Å². The zero-order valence-corrected chi connectivity index (χ0v) is 10.3. The summed E-state index contributed by atoms with van der Waals surface area (Å²) in [5, 5.41) is 0. The number of terminal acetylenes is 1. The molecule has 2 aromatic carbocycles. The lowest BCUT2D eigenvalue weighted by Crippen LogP contribution is -1.88. The van der Waals surface area contributed by atoms with E-state index in [-0.39, 0.29) is 0 Å². The van der Waals surface area contributed by atoms with Crippen LogP contribution in [0, 0.1) is 12.3 Å². The molecule has 17 heavy (non-hydrogen) atoms. The van der Waals surface area contributed by atoms with Crippen LogP contribution in [-0.4, -0.2) is 0 Å². The standard InChI is InChI=1S/C17H16/c1-4-14-7-5-9-16(11-14)17-10-6-8-15(12-17)13(2)3/h1,5-13H,2-3H3. The number of hydrogen-bond acceptors (Lipinski definition) is 0. The molecule has 0 saturated heterocycles. The van der Waals surface area contributed by atoms with Crippen LogP contribution in [0.25, 0.3) is 11.1 Å². The fourth-order valence-corrected chi connectivity index (χ4v) is 1.87. The van der Waals surface area contributed by atoms with Gasteiger partial charge >= 0.3 is 0 Å². The second-order valence-electron chi connectivity index (χ2n) is 4.51. The van der Waals surface area contributed by atoms with E-state index in [0.717, 1.165) is 5.56 Å². The van der Waals surface area contributed by atoms with E-state index in [9.17, 15) is 0 Å². The Labute approximate surface area is 103 Å². The van der Waals surface area contributed by atoms with Crippen LogP contribution in [-0.2, 0) is 0 Å². The first-order chi connectivity index (χ1) is 8.20. The second-order valence-corrected chi connectivity index (χ2v) is 4.51. The minimum Gasteiger partial charge on any atom is -0.115 e. The second kappa shape index (κ2) is 4.89. The van der Waals surface area contributed by atoms with Crippen molar-refractivity contribution in [3.63, 3.8) is 0 Å². The van der Waals surface area contributed by atoms with Gasteiger partial charge in [0, 0.05) is 5.56 Å². The van der Waals surface area contributed by atoms with Gasteiger partial charge in [-0.1, -0.05) is 56.2 Å². The third-order valence-corrected chi connectivity index (χ3v) is 2.92. The average molecular weight is 220 g/mol. The molecule has 0 amide bonds. The molecule has 0 aliphatic heterocycles. The Morgan fingerprint density at radius 1 is 0.941 bits per heavy atom. The Morgan fingerprint density at radius 2 is 1.59 bits per heavy atom. The molecule has 0 nitrogen and oxygen atoms in total. The summed E-state index contributed by atoms with van der Waals surface area (Å²) in [4.78, 5) is 0. The topological polar surface area (TPSA) is 0 Å². The fraction of sp³-hybridized carbons (Fsp3) is 0.176. The first kappa shape index (κ1) is 11.5. The summed E-state index contributed by atoms with van der Waals surface area (Å²) in [6, 6.07) is 16.7. The van der Waals surface area contributed by atoms with Crippen molar-refractivity contribution < 1.29 is 0 Å². The molecule has 2 aromatic rings. The SMILES string of the molecule is C#Cc1cccc(-c2cccc(C(C)C)c2)c1. The molecule has 0 bridgehead atoms. The molecule has 0 aliphatic carbocycles. The van der Waals surface area contributed by atoms with Gasteiger partial charge in [0.15, 0.2) is 0 Å². The fourth-order valence-electron chi connectivity index (χ4n) is 1.87. The highest BCUT2D eigenvalue weighted by atomic mass is 14.1. The lowest BCUT2D eigenvalue weighted by atomic mass is 9.97. The molecule has 2 rings (SSSR count). The Bertz CT molecular complexity index is 556. The van der Waals surface area contributed by atoms with Crippen LogP contribution in [0.3, 0.4) is 0 Å². The molecular formula is C17H16. The smallest absolute Gasteiger partial charge is 0.0248 e. The van der Waals surface area contributed by atoms with Crippen LogP contribution in [0.4, 0.5) is 0 Å². The van der Waals surface area contributed by atoms with Gasteiger partial charge in [-0.2, -0.15) is 0 Å². The molecule has 0 saturated carbocycles. The number of rotatable bonds is 2. The van der Waals surface area contributed by atoms with Crippen molar-refractivity contribution in [2.75, 3.05) is 0 Å². The van der Waals surface area contributed by atoms with Crippen molar-refractivity contribution in [1.82, 2.24) is 0 Å². The summed E-state index contributed by atoms with van der Waals surface area (Å²) in [6.45, 7) is 4.41. The first-order valence-corrected chi connectivity index (χ1v) is 5.87. The van der Waals surface area contributed by atoms with Gasteiger partial charge < -0.3 is 0 Å². The molecule has 0 N–H and O–H groups in total. The number of hydrogen-bond donors (Lipinski definition) is 0. The zero-order valence-electron chi connectivity index (χ0n) is 10.3. The van der Waals surface area contributed by atoms with Crippen LogP contribution in [0.1, 0.15) is 30.9 Å². The van der Waals surface area contributed by atoms with Crippen LogP contribution in [0.15, 0.2) is 48.5 Å². The Morgan fingerprint density at radius 3 is 2.24 bits per heavy atom. The van der Waals surface area contributed by atoms with E-state index in [1.54, 1.807) is 0 Å². The summed E-state index contributed by atoms with van der Waals surface area (Å²) in [5.74, 6) is 3.22. The van der Waals surface area contributed by atoms with Crippen molar-refractivity contribution in [2.24, 2.45) is 0 Å². The van der Waals surface area contributed by atoms with Gasteiger partial charge in [-0.25, -0.2) is 0 Å². The van der Waals surface area contributed by atoms with E-state index in [1.807, 2.05) is 12.1 Å². The molecule has 0 heteroatoms. The van der Waals surface area contributed by atoms with Crippen LogP contribution < -0.4 is 0 Å². The maximum Gasteiger partial charge on any atom is 0.0248 e. The van der Waals surface area contributed by atoms with Crippen LogP contribution in [0.5, 0.6) is 0 Å². The van der Waals surface area contributed by atoms with E-state index < -0.39 is 0 Å². The molecule has 0 aromatic heterocycles. The summed E-state index contributed by atoms with van der Waals surface area (Å²) in [6.07, 6.45) is 5.42. The molecule has 0 fully saturated rings. The molecule has 84 valence electrons. The van der Waals surface area contributed by atoms with Crippen LogP contribution in [0.2, 0.25) is 0 Å². The minimum absolute atomic E-state index is 0.547. The Balaban J connectivity index is 2.46. The molecule has 0 heterocycles. The van der Waals surface area contributed by atoms with Crippen LogP contribution >= 0.6 is 0 Å². The maximum atomic E-state index is 5.42. The quantitative estimate of drug-likeness (QED) is 0.655. The van der Waals surface area contributed by atoms with Crippen molar-refractivity contribution in [2.45, 2.75) is 19.8 Å². The van der Waals surface area contributed by atoms with Gasteiger partial charge in [0.05, 0.1) is 0 Å². The molecule has 0 unspecified atom stereocenters. The van der Waals surface area contributed by atoms with Gasteiger partial charge in [0.2, 0.25) is 0 Å².